The van der Waals surface area contributed by atoms with Crippen molar-refractivity contribution in [1.29, 1.82) is 0 Å². The molecule has 0 aromatic carbocycles. The summed E-state index contributed by atoms with van der Waals surface area (Å²) in [5.41, 5.74) is 0. The van der Waals surface area contributed by atoms with Crippen LogP contribution in [0.3, 0.4) is 0 Å². The molecule has 0 atom stereocenters. The Balaban J connectivity index is 1.88. The fourth-order valence-corrected chi connectivity index (χ4v) is 2.06. The number of nitrogens with one attached hydrogen (secondary N) is 1. The zero-order valence-electron chi connectivity index (χ0n) is 8.88. The first kappa shape index (κ1) is 11.8. The van der Waals surface area contributed by atoms with E-state index in [2.05, 4.69) is 26.2 Å². The summed E-state index contributed by atoms with van der Waals surface area (Å²) in [4.78, 5) is 3.90. The molecule has 16 heavy (non-hydrogen) atoms. The van der Waals surface area contributed by atoms with E-state index in [1.807, 2.05) is 0 Å². The highest BCUT2D eigenvalue weighted by Crippen LogP contribution is 2.20. The molecule has 0 amide bonds. The van der Waals surface area contributed by atoms with E-state index in [0.29, 0.717) is 17.0 Å². The highest BCUT2D eigenvalue weighted by molar-refractivity contribution is 9.10. The standard InChI is InChI=1S/C11H14BrFN2O/c12-9-5-10(13)11(15-6-9)16-7-8-1-3-14-4-2-8/h5-6,8,14H,1-4,7H2. The summed E-state index contributed by atoms with van der Waals surface area (Å²) >= 11 is 3.16. The van der Waals surface area contributed by atoms with Crippen LogP contribution in [0.2, 0.25) is 0 Å². The maximum absolute atomic E-state index is 13.4. The Morgan fingerprint density at radius 3 is 2.94 bits per heavy atom. The van der Waals surface area contributed by atoms with E-state index in [9.17, 15) is 4.39 Å². The van der Waals surface area contributed by atoms with Gasteiger partial charge in [0.15, 0.2) is 5.82 Å². The third kappa shape index (κ3) is 3.15. The third-order valence-electron chi connectivity index (χ3n) is 2.69. The minimum absolute atomic E-state index is 0.0988. The zero-order chi connectivity index (χ0) is 11.4. The first-order valence-corrected chi connectivity index (χ1v) is 6.19. The summed E-state index contributed by atoms with van der Waals surface area (Å²) in [5, 5.41) is 3.28. The number of hydrogen-bond donors (Lipinski definition) is 1. The maximum Gasteiger partial charge on any atom is 0.250 e. The maximum atomic E-state index is 13.4. The number of nitrogens with zero attached hydrogens (tertiary/aromatic N) is 1. The molecule has 1 aromatic rings. The topological polar surface area (TPSA) is 34.1 Å². The van der Waals surface area contributed by atoms with Crippen LogP contribution < -0.4 is 10.1 Å². The van der Waals surface area contributed by atoms with Crippen molar-refractivity contribution < 1.29 is 9.13 Å². The molecule has 1 saturated heterocycles. The molecule has 0 saturated carbocycles. The van der Waals surface area contributed by atoms with Gasteiger partial charge in [0.1, 0.15) is 0 Å². The van der Waals surface area contributed by atoms with Crippen LogP contribution in [-0.4, -0.2) is 24.7 Å². The first-order chi connectivity index (χ1) is 7.75. The summed E-state index contributed by atoms with van der Waals surface area (Å²) in [6.07, 6.45) is 3.71. The van der Waals surface area contributed by atoms with Gasteiger partial charge >= 0.3 is 0 Å². The van der Waals surface area contributed by atoms with Gasteiger partial charge in [-0.15, -0.1) is 0 Å². The van der Waals surface area contributed by atoms with Crippen molar-refractivity contribution in [2.75, 3.05) is 19.7 Å². The highest BCUT2D eigenvalue weighted by atomic mass is 79.9. The van der Waals surface area contributed by atoms with Crippen LogP contribution in [0.25, 0.3) is 0 Å². The van der Waals surface area contributed by atoms with Crippen molar-refractivity contribution in [3.8, 4) is 5.88 Å². The molecule has 1 fully saturated rings. The smallest absolute Gasteiger partial charge is 0.250 e. The van der Waals surface area contributed by atoms with Gasteiger partial charge in [0, 0.05) is 10.7 Å². The summed E-state index contributed by atoms with van der Waals surface area (Å²) in [7, 11) is 0. The normalized spacial score (nSPS) is 17.4. The van der Waals surface area contributed by atoms with Crippen LogP contribution in [0.15, 0.2) is 16.7 Å². The van der Waals surface area contributed by atoms with Crippen molar-refractivity contribution in [2.45, 2.75) is 12.8 Å². The molecule has 0 bridgehead atoms. The Labute approximate surface area is 103 Å². The van der Waals surface area contributed by atoms with Gasteiger partial charge < -0.3 is 10.1 Å². The van der Waals surface area contributed by atoms with Crippen molar-refractivity contribution in [2.24, 2.45) is 5.92 Å². The van der Waals surface area contributed by atoms with E-state index in [1.54, 1.807) is 6.20 Å². The van der Waals surface area contributed by atoms with Gasteiger partial charge in [0.2, 0.25) is 5.88 Å². The molecule has 0 aliphatic carbocycles. The Bertz CT molecular complexity index is 356. The van der Waals surface area contributed by atoms with E-state index in [1.165, 1.54) is 6.07 Å². The number of rotatable bonds is 3. The van der Waals surface area contributed by atoms with Gasteiger partial charge in [-0.2, -0.15) is 0 Å². The number of piperidine rings is 1. The predicted octanol–water partition coefficient (Wildman–Crippen LogP) is 2.36. The van der Waals surface area contributed by atoms with Gasteiger partial charge in [-0.3, -0.25) is 0 Å². The molecule has 2 heterocycles. The van der Waals surface area contributed by atoms with Crippen molar-refractivity contribution in [3.63, 3.8) is 0 Å². The number of pyridine rings is 1. The Kier molecular flexibility index (Phi) is 4.12. The third-order valence-corrected chi connectivity index (χ3v) is 3.12. The number of ether oxygens (including phenoxy) is 1. The molecule has 0 radical (unpaired) electrons. The van der Waals surface area contributed by atoms with Crippen LogP contribution in [0.4, 0.5) is 4.39 Å². The number of aromatic nitrogens is 1. The molecule has 3 nitrogen and oxygen atoms in total. The van der Waals surface area contributed by atoms with E-state index < -0.39 is 5.82 Å². The lowest BCUT2D eigenvalue weighted by Crippen LogP contribution is -2.30. The molecule has 1 aliphatic rings. The first-order valence-electron chi connectivity index (χ1n) is 5.40. The van der Waals surface area contributed by atoms with Crippen LogP contribution in [0, 0.1) is 11.7 Å². The minimum atomic E-state index is -0.414. The Morgan fingerprint density at radius 1 is 1.50 bits per heavy atom. The molecular weight excluding hydrogens is 275 g/mol. The largest absolute Gasteiger partial charge is 0.475 e. The Morgan fingerprint density at radius 2 is 2.25 bits per heavy atom. The van der Waals surface area contributed by atoms with Crippen molar-refractivity contribution in [3.05, 3.63) is 22.6 Å². The molecule has 2 rings (SSSR count). The van der Waals surface area contributed by atoms with Gasteiger partial charge in [0.05, 0.1) is 6.61 Å². The number of hydrogen-bond acceptors (Lipinski definition) is 3. The second kappa shape index (κ2) is 5.59. The molecule has 1 N–H and O–H groups in total. The lowest BCUT2D eigenvalue weighted by molar-refractivity contribution is 0.201. The van der Waals surface area contributed by atoms with E-state index in [-0.39, 0.29) is 5.88 Å². The van der Waals surface area contributed by atoms with Crippen LogP contribution in [-0.2, 0) is 0 Å². The van der Waals surface area contributed by atoms with Crippen molar-refractivity contribution in [1.82, 2.24) is 10.3 Å². The lowest BCUT2D eigenvalue weighted by Gasteiger charge is -2.22. The van der Waals surface area contributed by atoms with E-state index in [4.69, 9.17) is 4.74 Å². The fourth-order valence-electron chi connectivity index (χ4n) is 1.75. The summed E-state index contributed by atoms with van der Waals surface area (Å²) in [6.45, 7) is 2.59. The second-order valence-corrected chi connectivity index (χ2v) is 4.86. The van der Waals surface area contributed by atoms with E-state index in [0.717, 1.165) is 25.9 Å². The van der Waals surface area contributed by atoms with Gasteiger partial charge in [-0.25, -0.2) is 9.37 Å². The van der Waals surface area contributed by atoms with E-state index >= 15 is 0 Å². The number of halogens is 2. The minimum Gasteiger partial charge on any atom is -0.475 e. The molecule has 0 spiro atoms. The molecule has 5 heteroatoms. The lowest BCUT2D eigenvalue weighted by atomic mass is 9.99. The monoisotopic (exact) mass is 288 g/mol. The summed E-state index contributed by atoms with van der Waals surface area (Å²) in [5.74, 6) is 0.191. The summed E-state index contributed by atoms with van der Waals surface area (Å²) in [6, 6.07) is 1.37. The van der Waals surface area contributed by atoms with Crippen LogP contribution >= 0.6 is 15.9 Å². The quantitative estimate of drug-likeness (QED) is 0.927. The molecular formula is C11H14BrFN2O. The SMILES string of the molecule is Fc1cc(Br)cnc1OCC1CCNCC1. The highest BCUT2D eigenvalue weighted by Gasteiger charge is 2.15. The summed E-state index contributed by atoms with van der Waals surface area (Å²) < 4.78 is 19.4. The van der Waals surface area contributed by atoms with Crippen LogP contribution in [0.5, 0.6) is 5.88 Å². The predicted molar refractivity (Wildman–Crippen MR) is 63.0 cm³/mol. The second-order valence-electron chi connectivity index (χ2n) is 3.94. The van der Waals surface area contributed by atoms with Gasteiger partial charge in [0.25, 0.3) is 0 Å². The van der Waals surface area contributed by atoms with Gasteiger partial charge in [-0.05, 0) is 53.8 Å². The fraction of sp³-hybridized carbons (Fsp3) is 0.545. The average molecular weight is 289 g/mol. The van der Waals surface area contributed by atoms with Crippen molar-refractivity contribution >= 4 is 15.9 Å². The average Bonchev–Trinajstić information content (AvgIpc) is 2.29. The molecule has 1 aliphatic heterocycles. The molecule has 88 valence electrons. The zero-order valence-corrected chi connectivity index (χ0v) is 10.5. The molecule has 1 aromatic heterocycles. The van der Waals surface area contributed by atoms with Gasteiger partial charge in [-0.1, -0.05) is 0 Å². The van der Waals surface area contributed by atoms with Crippen LogP contribution in [0.1, 0.15) is 12.8 Å². The Hall–Kier alpha value is -0.680. The molecule has 0 unspecified atom stereocenters.